The van der Waals surface area contributed by atoms with E-state index in [2.05, 4.69) is 98.9 Å². The third-order valence-corrected chi connectivity index (χ3v) is 11.7. The number of hydrogen-bond donors (Lipinski definition) is 2. The van der Waals surface area contributed by atoms with Crippen molar-refractivity contribution in [1.82, 2.24) is 10.6 Å². The Kier molecular flexibility index (Phi) is 3.21. The third kappa shape index (κ3) is 1.94. The van der Waals surface area contributed by atoms with Crippen molar-refractivity contribution in [3.63, 3.8) is 0 Å². The molecule has 4 heteroatoms. The summed E-state index contributed by atoms with van der Waals surface area (Å²) in [5, 5.41) is 8.39. The minimum atomic E-state index is -0.386. The van der Waals surface area contributed by atoms with Crippen LogP contribution in [0.25, 0.3) is 11.1 Å². The van der Waals surface area contributed by atoms with E-state index in [9.17, 15) is 0 Å². The second kappa shape index (κ2) is 6.35. The van der Waals surface area contributed by atoms with E-state index < -0.39 is 0 Å². The SMILES string of the molecule is c1cc2c3c(c1)Cc1ccc4c5c1C3(NCC2)[n+]1ccc[n+]2c1C5c1c-4ccc3c1C21NCCc2cccc(c21)C3. The summed E-state index contributed by atoms with van der Waals surface area (Å²) in [5.41, 5.74) is 20.3. The number of nitrogens with one attached hydrogen (secondary N) is 2. The molecule has 41 heavy (non-hydrogen) atoms. The highest BCUT2D eigenvalue weighted by Gasteiger charge is 2.70. The van der Waals surface area contributed by atoms with Crippen molar-refractivity contribution < 1.29 is 9.13 Å². The van der Waals surface area contributed by atoms with Crippen LogP contribution in [0.5, 0.6) is 0 Å². The van der Waals surface area contributed by atoms with Crippen molar-refractivity contribution in [3.8, 4) is 11.1 Å². The van der Waals surface area contributed by atoms with E-state index in [0.29, 0.717) is 0 Å². The summed E-state index contributed by atoms with van der Waals surface area (Å²) >= 11 is 0. The number of benzene rings is 4. The first-order chi connectivity index (χ1) is 20.3. The molecule has 5 heterocycles. The predicted molar refractivity (Wildman–Crippen MR) is 154 cm³/mol. The number of aromatic nitrogens is 2. The molecule has 0 bridgehead atoms. The molecule has 0 saturated heterocycles. The molecule has 0 radical (unpaired) electrons. The van der Waals surface area contributed by atoms with Crippen LogP contribution in [0.4, 0.5) is 0 Å². The van der Waals surface area contributed by atoms with Gasteiger partial charge in [-0.1, -0.05) is 60.7 Å². The van der Waals surface area contributed by atoms with Crippen LogP contribution in [0.1, 0.15) is 78.5 Å². The quantitative estimate of drug-likeness (QED) is 0.295. The van der Waals surface area contributed by atoms with Gasteiger partial charge < -0.3 is 0 Å². The minimum Gasteiger partial charge on any atom is -0.247 e. The van der Waals surface area contributed by atoms with E-state index in [1.54, 1.807) is 11.1 Å². The molecule has 194 valence electrons. The number of nitrogens with zero attached hydrogens (tertiary/aromatic N) is 2. The van der Waals surface area contributed by atoms with E-state index in [-0.39, 0.29) is 17.2 Å². The number of fused-ring (bicyclic) bond motifs is 1. The molecular formula is C37H28N4+2. The molecule has 4 nitrogen and oxygen atoms in total. The fraction of sp³-hybridized carbons (Fsp3) is 0.243. The fourth-order valence-electron chi connectivity index (χ4n) is 10.6. The first kappa shape index (κ1) is 20.7. The van der Waals surface area contributed by atoms with E-state index in [1.165, 1.54) is 72.6 Å². The van der Waals surface area contributed by atoms with Crippen LogP contribution in [0.3, 0.4) is 0 Å². The van der Waals surface area contributed by atoms with Crippen LogP contribution in [0.2, 0.25) is 0 Å². The van der Waals surface area contributed by atoms with Gasteiger partial charge in [-0.25, -0.2) is 10.6 Å². The molecule has 0 amide bonds. The molecule has 2 N–H and O–H groups in total. The van der Waals surface area contributed by atoms with Gasteiger partial charge in [0.05, 0.1) is 28.3 Å². The first-order valence-electron chi connectivity index (χ1n) is 15.3. The second-order valence-corrected chi connectivity index (χ2v) is 13.2. The number of hydrogen-bond acceptors (Lipinski definition) is 2. The van der Waals surface area contributed by atoms with Gasteiger partial charge in [0.2, 0.25) is 0 Å². The van der Waals surface area contributed by atoms with Gasteiger partial charge in [0.15, 0.2) is 18.3 Å². The predicted octanol–water partition coefficient (Wildman–Crippen LogP) is 3.65. The highest BCUT2D eigenvalue weighted by atomic mass is 15.4. The summed E-state index contributed by atoms with van der Waals surface area (Å²) in [7, 11) is 0. The van der Waals surface area contributed by atoms with Crippen molar-refractivity contribution >= 4 is 0 Å². The highest BCUT2D eigenvalue weighted by molar-refractivity contribution is 5.86. The van der Waals surface area contributed by atoms with Gasteiger partial charge in [-0.3, -0.25) is 0 Å². The Labute approximate surface area is 238 Å². The van der Waals surface area contributed by atoms with Gasteiger partial charge in [-0.15, -0.1) is 9.13 Å². The Balaban J connectivity index is 1.34. The van der Waals surface area contributed by atoms with E-state index in [0.717, 1.165) is 38.8 Å². The monoisotopic (exact) mass is 528 g/mol. The Bertz CT molecular complexity index is 2000. The maximum atomic E-state index is 4.20. The summed E-state index contributed by atoms with van der Waals surface area (Å²) in [6, 6.07) is 26.2. The molecule has 0 saturated carbocycles. The van der Waals surface area contributed by atoms with Crippen LogP contribution >= 0.6 is 0 Å². The maximum Gasteiger partial charge on any atom is 0.434 e. The van der Waals surface area contributed by atoms with Gasteiger partial charge in [0.1, 0.15) is 0 Å². The number of rotatable bonds is 0. The summed E-state index contributed by atoms with van der Waals surface area (Å²) in [6.07, 6.45) is 8.96. The second-order valence-electron chi connectivity index (χ2n) is 13.2. The summed E-state index contributed by atoms with van der Waals surface area (Å²) in [6.45, 7) is 1.95. The van der Waals surface area contributed by atoms with Crippen molar-refractivity contribution in [2.45, 2.75) is 42.9 Å². The lowest BCUT2D eigenvalue weighted by atomic mass is 9.64. The molecule has 5 aromatic rings. The van der Waals surface area contributed by atoms with Crippen LogP contribution in [-0.4, -0.2) is 13.1 Å². The molecule has 0 fully saturated rings. The fourth-order valence-corrected chi connectivity index (χ4v) is 10.6. The third-order valence-electron chi connectivity index (χ3n) is 11.7. The summed E-state index contributed by atoms with van der Waals surface area (Å²) in [4.78, 5) is 0. The van der Waals surface area contributed by atoms with Gasteiger partial charge in [0, 0.05) is 13.1 Å². The van der Waals surface area contributed by atoms with Crippen LogP contribution in [-0.2, 0) is 37.0 Å². The molecule has 4 aliphatic heterocycles. The zero-order valence-electron chi connectivity index (χ0n) is 22.7. The zero-order valence-corrected chi connectivity index (χ0v) is 22.7. The molecule has 3 aliphatic carbocycles. The van der Waals surface area contributed by atoms with Crippen LogP contribution in [0.15, 0.2) is 79.1 Å². The summed E-state index contributed by atoms with van der Waals surface area (Å²) in [5.74, 6) is 1.66. The van der Waals surface area contributed by atoms with Crippen molar-refractivity contribution in [2.24, 2.45) is 0 Å². The zero-order chi connectivity index (χ0) is 26.2. The Hall–Kier alpha value is -4.12. The van der Waals surface area contributed by atoms with Gasteiger partial charge in [-0.05, 0) is 81.3 Å². The lowest BCUT2D eigenvalue weighted by Gasteiger charge is -2.48. The smallest absolute Gasteiger partial charge is 0.247 e. The molecule has 1 aromatic heterocycles. The molecular weight excluding hydrogens is 500 g/mol. The van der Waals surface area contributed by atoms with Gasteiger partial charge in [0.25, 0.3) is 11.3 Å². The topological polar surface area (TPSA) is 31.8 Å². The molecule has 2 unspecified atom stereocenters. The highest BCUT2D eigenvalue weighted by Crippen LogP contribution is 2.61. The maximum absolute atomic E-state index is 4.20. The Morgan fingerprint density at radius 1 is 0.537 bits per heavy atom. The van der Waals surface area contributed by atoms with Crippen molar-refractivity contribution in [2.75, 3.05) is 13.1 Å². The van der Waals surface area contributed by atoms with E-state index in [4.69, 9.17) is 0 Å². The van der Waals surface area contributed by atoms with E-state index >= 15 is 0 Å². The molecule has 2 spiro atoms. The van der Waals surface area contributed by atoms with Gasteiger partial charge >= 0.3 is 5.82 Å². The largest absolute Gasteiger partial charge is 0.434 e. The molecule has 7 aliphatic rings. The van der Waals surface area contributed by atoms with Crippen molar-refractivity contribution in [1.29, 1.82) is 0 Å². The average molecular weight is 529 g/mol. The molecule has 12 rings (SSSR count). The average Bonchev–Trinajstić information content (AvgIpc) is 3.35. The van der Waals surface area contributed by atoms with Crippen LogP contribution < -0.4 is 19.8 Å². The van der Waals surface area contributed by atoms with Crippen LogP contribution in [0, 0.1) is 0 Å². The first-order valence-corrected chi connectivity index (χ1v) is 15.3. The van der Waals surface area contributed by atoms with Gasteiger partial charge in [-0.2, -0.15) is 0 Å². The van der Waals surface area contributed by atoms with E-state index in [1.807, 2.05) is 0 Å². The lowest BCUT2D eigenvalue weighted by molar-refractivity contribution is -0.886. The Morgan fingerprint density at radius 2 is 1.02 bits per heavy atom. The minimum absolute atomic E-state index is 0.247. The standard InChI is InChI=1S/C37H28N4/c1-4-20-12-14-38-36-31(20)22(6-1)18-24-8-10-26-27-11-9-25-19-23-7-2-5-21-13-15-39-37(32(21)23)34(25)29(27)30(28(26)33(24)36)35-40(36)16-3-17-41(35)37/h1-11,16-17,30,38-39H,12-15,18-19H2/q+2. The summed E-state index contributed by atoms with van der Waals surface area (Å²) < 4.78 is 5.36. The van der Waals surface area contributed by atoms with Crippen molar-refractivity contribution in [3.05, 3.63) is 152 Å². The molecule has 2 atom stereocenters. The lowest BCUT2D eigenvalue weighted by Crippen LogP contribution is -2.81. The Morgan fingerprint density at radius 3 is 1.56 bits per heavy atom. The molecule has 4 aromatic carbocycles. The normalized spacial score (nSPS) is 26.7.